The highest BCUT2D eigenvalue weighted by Gasteiger charge is 2.21. The van der Waals surface area contributed by atoms with Gasteiger partial charge in [0.15, 0.2) is 5.16 Å². The number of ether oxygens (including phenoxy) is 1. The van der Waals surface area contributed by atoms with E-state index in [0.717, 1.165) is 12.2 Å². The fourth-order valence-electron chi connectivity index (χ4n) is 2.65. The second-order valence-electron chi connectivity index (χ2n) is 6.04. The van der Waals surface area contributed by atoms with Crippen molar-refractivity contribution >= 4 is 41.0 Å². The maximum absolute atomic E-state index is 11.9. The molecule has 1 N–H and O–H groups in total. The molecule has 1 aromatic heterocycles. The van der Waals surface area contributed by atoms with Gasteiger partial charge in [-0.05, 0) is 6.42 Å². The van der Waals surface area contributed by atoms with Crippen LogP contribution in [-0.4, -0.2) is 78.9 Å². The number of hydrogen-bond donors (Lipinski definition) is 1. The van der Waals surface area contributed by atoms with Gasteiger partial charge in [-0.25, -0.2) is 9.97 Å². The molecule has 2 heterocycles. The molecule has 0 radical (unpaired) electrons. The summed E-state index contributed by atoms with van der Waals surface area (Å²) >= 11 is 7.39. The van der Waals surface area contributed by atoms with Crippen LogP contribution in [0.3, 0.4) is 0 Å². The van der Waals surface area contributed by atoms with E-state index in [4.69, 9.17) is 16.3 Å². The molecule has 27 heavy (non-hydrogen) atoms. The van der Waals surface area contributed by atoms with Gasteiger partial charge in [0.1, 0.15) is 11.0 Å². The third-order valence-corrected chi connectivity index (χ3v) is 5.14. The lowest BCUT2D eigenvalue weighted by Gasteiger charge is -2.35. The minimum Gasteiger partial charge on any atom is -0.385 e. The lowest BCUT2D eigenvalue weighted by molar-refractivity contribution is -0.131. The number of hydrogen-bond acceptors (Lipinski definition) is 7. The second-order valence-corrected chi connectivity index (χ2v) is 7.37. The van der Waals surface area contributed by atoms with Gasteiger partial charge in [0.05, 0.1) is 5.75 Å². The van der Waals surface area contributed by atoms with Gasteiger partial charge in [0.25, 0.3) is 0 Å². The van der Waals surface area contributed by atoms with E-state index in [1.807, 2.05) is 11.8 Å². The van der Waals surface area contributed by atoms with Crippen molar-refractivity contribution in [2.75, 3.05) is 57.1 Å². The summed E-state index contributed by atoms with van der Waals surface area (Å²) in [6.45, 7) is 5.80. The highest BCUT2D eigenvalue weighted by molar-refractivity contribution is 7.99. The van der Waals surface area contributed by atoms with Crippen molar-refractivity contribution in [1.82, 2.24) is 20.2 Å². The predicted octanol–water partition coefficient (Wildman–Crippen LogP) is 1.43. The first kappa shape index (κ1) is 21.7. The summed E-state index contributed by atoms with van der Waals surface area (Å²) < 4.78 is 4.95. The number of anilines is 1. The summed E-state index contributed by atoms with van der Waals surface area (Å²) in [5.74, 6) is 1.04. The van der Waals surface area contributed by atoms with E-state index in [2.05, 4.69) is 20.2 Å². The highest BCUT2D eigenvalue weighted by atomic mass is 35.5. The van der Waals surface area contributed by atoms with E-state index in [0.29, 0.717) is 56.1 Å². The van der Waals surface area contributed by atoms with E-state index in [1.54, 1.807) is 13.2 Å². The number of carbonyl (C=O) groups excluding carboxylic acids is 2. The van der Waals surface area contributed by atoms with Gasteiger partial charge in [-0.3, -0.25) is 9.59 Å². The first-order valence-corrected chi connectivity index (χ1v) is 10.4. The summed E-state index contributed by atoms with van der Waals surface area (Å²) in [5, 5.41) is 3.64. The summed E-state index contributed by atoms with van der Waals surface area (Å²) in [6.07, 6.45) is 1.30. The number of carbonyl (C=O) groups is 2. The Labute approximate surface area is 169 Å². The van der Waals surface area contributed by atoms with Crippen molar-refractivity contribution in [3.8, 4) is 0 Å². The first-order chi connectivity index (χ1) is 13.0. The Balaban J connectivity index is 1.87. The molecule has 1 saturated heterocycles. The van der Waals surface area contributed by atoms with E-state index in [1.165, 1.54) is 11.8 Å². The van der Waals surface area contributed by atoms with Crippen LogP contribution in [0.15, 0.2) is 11.2 Å². The molecule has 150 valence electrons. The molecule has 0 aliphatic carbocycles. The van der Waals surface area contributed by atoms with E-state index in [-0.39, 0.29) is 17.6 Å². The molecule has 0 unspecified atom stereocenters. The Morgan fingerprint density at radius 1 is 1.30 bits per heavy atom. The van der Waals surface area contributed by atoms with Crippen molar-refractivity contribution < 1.29 is 14.3 Å². The Morgan fingerprint density at radius 2 is 2.04 bits per heavy atom. The van der Waals surface area contributed by atoms with Gasteiger partial charge < -0.3 is 19.9 Å². The van der Waals surface area contributed by atoms with Crippen LogP contribution in [0.25, 0.3) is 0 Å². The minimum atomic E-state index is -0.0760. The molecule has 1 aliphatic heterocycles. The fourth-order valence-corrected chi connectivity index (χ4v) is 3.56. The van der Waals surface area contributed by atoms with Crippen LogP contribution in [0.2, 0.25) is 5.15 Å². The maximum Gasteiger partial charge on any atom is 0.230 e. The lowest BCUT2D eigenvalue weighted by Crippen LogP contribution is -2.48. The molecule has 10 heteroatoms. The molecule has 8 nitrogen and oxygen atoms in total. The number of methoxy groups -OCH3 is 1. The number of amides is 2. The van der Waals surface area contributed by atoms with Crippen LogP contribution >= 0.6 is 23.4 Å². The molecule has 2 rings (SSSR count). The van der Waals surface area contributed by atoms with Crippen molar-refractivity contribution in [3.05, 3.63) is 11.2 Å². The largest absolute Gasteiger partial charge is 0.385 e. The molecule has 0 atom stereocenters. The van der Waals surface area contributed by atoms with E-state index >= 15 is 0 Å². The van der Waals surface area contributed by atoms with E-state index < -0.39 is 0 Å². The predicted molar refractivity (Wildman–Crippen MR) is 106 cm³/mol. The number of nitrogens with zero attached hydrogens (tertiary/aromatic N) is 4. The Kier molecular flexibility index (Phi) is 9.09. The molecular formula is C17H26ClN5O3S. The van der Waals surface area contributed by atoms with Gasteiger partial charge >= 0.3 is 0 Å². The average molecular weight is 416 g/mol. The molecule has 0 bridgehead atoms. The van der Waals surface area contributed by atoms with Crippen LogP contribution in [0.4, 0.5) is 5.82 Å². The van der Waals surface area contributed by atoms with Crippen molar-refractivity contribution in [2.45, 2.75) is 24.9 Å². The SMILES string of the molecule is CCC(=O)N1CCN(c2cc(Cl)nc(SCC(=O)NCCCOC)n2)CC1. The van der Waals surface area contributed by atoms with Crippen LogP contribution in [0, 0.1) is 0 Å². The van der Waals surface area contributed by atoms with Crippen molar-refractivity contribution in [2.24, 2.45) is 0 Å². The summed E-state index contributed by atoms with van der Waals surface area (Å²) in [5.41, 5.74) is 0. The zero-order valence-electron chi connectivity index (χ0n) is 15.7. The molecule has 0 saturated carbocycles. The van der Waals surface area contributed by atoms with Gasteiger partial charge in [-0.1, -0.05) is 30.3 Å². The van der Waals surface area contributed by atoms with Crippen LogP contribution in [0.1, 0.15) is 19.8 Å². The monoisotopic (exact) mass is 415 g/mol. The number of aromatic nitrogens is 2. The van der Waals surface area contributed by atoms with Crippen molar-refractivity contribution in [3.63, 3.8) is 0 Å². The quantitative estimate of drug-likeness (QED) is 0.282. The summed E-state index contributed by atoms with van der Waals surface area (Å²) in [6, 6.07) is 1.72. The lowest BCUT2D eigenvalue weighted by atomic mass is 10.3. The maximum atomic E-state index is 11.9. The van der Waals surface area contributed by atoms with Gasteiger partial charge in [-0.15, -0.1) is 0 Å². The summed E-state index contributed by atoms with van der Waals surface area (Å²) in [7, 11) is 1.63. The second kappa shape index (κ2) is 11.3. The number of rotatable bonds is 9. The number of nitrogens with one attached hydrogen (secondary N) is 1. The van der Waals surface area contributed by atoms with Gasteiger partial charge in [-0.2, -0.15) is 0 Å². The fraction of sp³-hybridized carbons (Fsp3) is 0.647. The number of piperazine rings is 1. The standard InChI is InChI=1S/C17H26ClN5O3S/c1-3-16(25)23-8-6-22(7-9-23)14-11-13(18)20-17(21-14)27-12-15(24)19-5-4-10-26-2/h11H,3-10,12H2,1-2H3,(H,19,24). The third kappa shape index (κ3) is 7.15. The first-order valence-electron chi connectivity index (χ1n) is 8.99. The zero-order valence-corrected chi connectivity index (χ0v) is 17.3. The minimum absolute atomic E-state index is 0.0760. The summed E-state index contributed by atoms with van der Waals surface area (Å²) in [4.78, 5) is 36.3. The number of thioether (sulfide) groups is 1. The molecular weight excluding hydrogens is 390 g/mol. The normalized spacial score (nSPS) is 14.3. The van der Waals surface area contributed by atoms with Crippen LogP contribution in [-0.2, 0) is 14.3 Å². The smallest absolute Gasteiger partial charge is 0.230 e. The molecule has 1 fully saturated rings. The van der Waals surface area contributed by atoms with Crippen LogP contribution < -0.4 is 10.2 Å². The zero-order chi connectivity index (χ0) is 19.6. The molecule has 0 spiro atoms. The highest BCUT2D eigenvalue weighted by Crippen LogP contribution is 2.22. The molecule has 2 amide bonds. The number of halogens is 1. The van der Waals surface area contributed by atoms with E-state index in [9.17, 15) is 9.59 Å². The van der Waals surface area contributed by atoms with Crippen molar-refractivity contribution in [1.29, 1.82) is 0 Å². The topological polar surface area (TPSA) is 87.7 Å². The average Bonchev–Trinajstić information content (AvgIpc) is 2.69. The third-order valence-electron chi connectivity index (χ3n) is 4.10. The van der Waals surface area contributed by atoms with Gasteiger partial charge in [0, 0.05) is 58.9 Å². The Bertz CT molecular complexity index is 641. The van der Waals surface area contributed by atoms with Gasteiger partial charge in [0.2, 0.25) is 11.8 Å². The Morgan fingerprint density at radius 3 is 2.70 bits per heavy atom. The Hall–Kier alpha value is -1.58. The molecule has 1 aromatic rings. The molecule has 1 aliphatic rings. The van der Waals surface area contributed by atoms with Crippen LogP contribution in [0.5, 0.6) is 0 Å². The molecule has 0 aromatic carbocycles.